The van der Waals surface area contributed by atoms with E-state index in [1.807, 2.05) is 0 Å². The maximum atomic E-state index is 7.02. The van der Waals surface area contributed by atoms with Gasteiger partial charge < -0.3 is 4.42 Å². The Balaban J connectivity index is 1.73. The molecule has 1 heterocycles. The number of furan rings is 1. The van der Waals surface area contributed by atoms with E-state index in [4.69, 9.17) is 4.42 Å². The van der Waals surface area contributed by atoms with Crippen molar-refractivity contribution in [2.75, 3.05) is 0 Å². The number of benzene rings is 7. The summed E-state index contributed by atoms with van der Waals surface area (Å²) in [7, 11) is 0. The van der Waals surface area contributed by atoms with Crippen LogP contribution < -0.4 is 0 Å². The molecule has 0 amide bonds. The van der Waals surface area contributed by atoms with Gasteiger partial charge in [-0.05, 0) is 355 Å². The van der Waals surface area contributed by atoms with E-state index in [0.717, 1.165) is 11.2 Å². The molecule has 0 spiro atoms. The number of hydrogen-bond donors (Lipinski definition) is 0. The summed E-state index contributed by atoms with van der Waals surface area (Å²) in [6, 6.07) is 0. The summed E-state index contributed by atoms with van der Waals surface area (Å²) in [4.78, 5) is 0. The standard InChI is InChI=1S/C62H72O/c1-25-26(2)35(11)49(36(12)27(25)3)50-37(13)34(10)38(14)51(47(50)23)59-53-39(15)28(4)30(6)41(17)55(53)60(56-42(18)31(7)29(5)40(16)54(56)59)52-44(20)46(22)62-58(48(52)24)57-43(19)32(8)33(9)45(21)61(57)63-62/h1-24H3. The third-order valence-corrected chi connectivity index (χ3v) is 18.1. The summed E-state index contributed by atoms with van der Waals surface area (Å²) < 4.78 is 7.02. The van der Waals surface area contributed by atoms with Crippen LogP contribution in [0.1, 0.15) is 134 Å². The first-order valence-electron chi connectivity index (χ1n) is 23.4. The zero-order valence-electron chi connectivity index (χ0n) is 43.4. The van der Waals surface area contributed by atoms with E-state index in [2.05, 4.69) is 166 Å². The molecule has 0 atom stereocenters. The Labute approximate surface area is 379 Å². The first kappa shape index (κ1) is 44.5. The number of rotatable bonds is 3. The van der Waals surface area contributed by atoms with Crippen LogP contribution in [0.3, 0.4) is 0 Å². The third-order valence-electron chi connectivity index (χ3n) is 18.1. The first-order valence-corrected chi connectivity index (χ1v) is 23.4. The largest absolute Gasteiger partial charge is 0.455 e. The van der Waals surface area contributed by atoms with Crippen molar-refractivity contribution in [3.8, 4) is 33.4 Å². The van der Waals surface area contributed by atoms with E-state index in [1.54, 1.807) is 0 Å². The SMILES string of the molecule is Cc1c(C)c(C)c(-c2c(C)c(C)c(C)c(-c3c4c(C)c(C)c(C)c(C)c4c(-c4c(C)c(C)c5oc6c(C)c(C)c(C)c(C)c6c5c4C)c4c(C)c(C)c(C)c(C)c34)c2C)c(C)c1C. The Kier molecular flexibility index (Phi) is 10.4. The van der Waals surface area contributed by atoms with Gasteiger partial charge >= 0.3 is 0 Å². The molecule has 63 heavy (non-hydrogen) atoms. The topological polar surface area (TPSA) is 13.1 Å². The van der Waals surface area contributed by atoms with Crippen molar-refractivity contribution < 1.29 is 4.42 Å². The van der Waals surface area contributed by atoms with Gasteiger partial charge in [0.2, 0.25) is 0 Å². The lowest BCUT2D eigenvalue weighted by Crippen LogP contribution is -2.08. The lowest BCUT2D eigenvalue weighted by atomic mass is 9.72. The van der Waals surface area contributed by atoms with Gasteiger partial charge in [-0.3, -0.25) is 0 Å². The van der Waals surface area contributed by atoms with Crippen LogP contribution in [-0.2, 0) is 0 Å². The molecule has 0 aliphatic heterocycles. The highest BCUT2D eigenvalue weighted by Gasteiger charge is 2.32. The average molecular weight is 833 g/mol. The smallest absolute Gasteiger partial charge is 0.138 e. The predicted octanol–water partition coefficient (Wildman–Crippen LogP) is 18.3. The third kappa shape index (κ3) is 5.60. The highest BCUT2D eigenvalue weighted by atomic mass is 16.3. The second kappa shape index (κ2) is 14.7. The Morgan fingerprint density at radius 1 is 0.143 bits per heavy atom. The van der Waals surface area contributed by atoms with Gasteiger partial charge in [-0.2, -0.15) is 0 Å². The second-order valence-corrected chi connectivity index (χ2v) is 20.3. The fourth-order valence-electron chi connectivity index (χ4n) is 12.3. The van der Waals surface area contributed by atoms with Crippen LogP contribution in [-0.4, -0.2) is 0 Å². The van der Waals surface area contributed by atoms with E-state index in [-0.39, 0.29) is 0 Å². The van der Waals surface area contributed by atoms with Crippen molar-refractivity contribution in [1.82, 2.24) is 0 Å². The Bertz CT molecular complexity index is 3330. The van der Waals surface area contributed by atoms with Gasteiger partial charge in [0.25, 0.3) is 0 Å². The fraction of sp³-hybridized carbons (Fsp3) is 0.387. The summed E-state index contributed by atoms with van der Waals surface area (Å²) in [5.74, 6) is 0. The van der Waals surface area contributed by atoms with Gasteiger partial charge in [0, 0.05) is 10.8 Å². The van der Waals surface area contributed by atoms with Gasteiger partial charge in [0.15, 0.2) is 0 Å². The first-order chi connectivity index (χ1) is 29.3. The maximum Gasteiger partial charge on any atom is 0.138 e. The molecule has 1 aromatic heterocycles. The van der Waals surface area contributed by atoms with E-state index < -0.39 is 0 Å². The summed E-state index contributed by atoms with van der Waals surface area (Å²) in [5, 5.41) is 8.15. The highest BCUT2D eigenvalue weighted by molar-refractivity contribution is 6.27. The summed E-state index contributed by atoms with van der Waals surface area (Å²) >= 11 is 0. The summed E-state index contributed by atoms with van der Waals surface area (Å²) in [6.07, 6.45) is 0. The monoisotopic (exact) mass is 833 g/mol. The van der Waals surface area contributed by atoms with Crippen molar-refractivity contribution in [3.63, 3.8) is 0 Å². The molecule has 0 radical (unpaired) electrons. The van der Waals surface area contributed by atoms with Crippen molar-refractivity contribution >= 4 is 43.5 Å². The van der Waals surface area contributed by atoms with Crippen molar-refractivity contribution in [2.45, 2.75) is 166 Å². The highest BCUT2D eigenvalue weighted by Crippen LogP contribution is 2.56. The molecule has 1 nitrogen and oxygen atoms in total. The quantitative estimate of drug-likeness (QED) is 0.162. The molecule has 0 bridgehead atoms. The molecule has 8 aromatic rings. The number of aryl methyl sites for hydroxylation is 8. The fourth-order valence-corrected chi connectivity index (χ4v) is 12.3. The van der Waals surface area contributed by atoms with Crippen LogP contribution in [0.4, 0.5) is 0 Å². The average Bonchev–Trinajstić information content (AvgIpc) is 3.67. The van der Waals surface area contributed by atoms with Crippen LogP contribution in [0, 0.1) is 166 Å². The molecule has 1 heteroatoms. The van der Waals surface area contributed by atoms with Gasteiger partial charge in [-0.1, -0.05) is 0 Å². The molecule has 0 aliphatic rings. The molecular formula is C62H72O. The lowest BCUT2D eigenvalue weighted by molar-refractivity contribution is 0.661. The van der Waals surface area contributed by atoms with E-state index in [1.165, 1.54) is 199 Å². The minimum absolute atomic E-state index is 1.03. The van der Waals surface area contributed by atoms with Crippen LogP contribution in [0.25, 0.3) is 76.9 Å². The Hall–Kier alpha value is -5.14. The van der Waals surface area contributed by atoms with E-state index in [0.29, 0.717) is 0 Å². The van der Waals surface area contributed by atoms with Crippen LogP contribution in [0.2, 0.25) is 0 Å². The summed E-state index contributed by atoms with van der Waals surface area (Å²) in [6.45, 7) is 56.5. The molecule has 7 aromatic carbocycles. The van der Waals surface area contributed by atoms with Crippen LogP contribution in [0.15, 0.2) is 4.42 Å². The Morgan fingerprint density at radius 3 is 0.698 bits per heavy atom. The zero-order valence-corrected chi connectivity index (χ0v) is 43.4. The summed E-state index contributed by atoms with van der Waals surface area (Å²) in [5.41, 5.74) is 43.2. The molecule has 0 N–H and O–H groups in total. The normalized spacial score (nSPS) is 12.1. The van der Waals surface area contributed by atoms with Crippen molar-refractivity contribution in [3.05, 3.63) is 134 Å². The van der Waals surface area contributed by atoms with Gasteiger partial charge in [-0.25, -0.2) is 0 Å². The van der Waals surface area contributed by atoms with Crippen LogP contribution >= 0.6 is 0 Å². The molecule has 0 fully saturated rings. The molecule has 8 rings (SSSR count). The van der Waals surface area contributed by atoms with Crippen molar-refractivity contribution in [1.29, 1.82) is 0 Å². The molecular weight excluding hydrogens is 761 g/mol. The second-order valence-electron chi connectivity index (χ2n) is 20.3. The molecule has 0 saturated carbocycles. The van der Waals surface area contributed by atoms with E-state index >= 15 is 0 Å². The van der Waals surface area contributed by atoms with Crippen LogP contribution in [0.5, 0.6) is 0 Å². The number of fused-ring (bicyclic) bond motifs is 5. The molecule has 0 unspecified atom stereocenters. The minimum atomic E-state index is 1.03. The van der Waals surface area contributed by atoms with Gasteiger partial charge in [0.05, 0.1) is 0 Å². The number of hydrogen-bond acceptors (Lipinski definition) is 1. The zero-order chi connectivity index (χ0) is 46.6. The van der Waals surface area contributed by atoms with E-state index in [9.17, 15) is 0 Å². The lowest BCUT2D eigenvalue weighted by Gasteiger charge is -2.31. The van der Waals surface area contributed by atoms with Gasteiger partial charge in [0.1, 0.15) is 11.2 Å². The predicted molar refractivity (Wildman–Crippen MR) is 279 cm³/mol. The molecule has 0 aliphatic carbocycles. The molecule has 0 saturated heterocycles. The van der Waals surface area contributed by atoms with Crippen molar-refractivity contribution in [2.24, 2.45) is 0 Å². The Morgan fingerprint density at radius 2 is 0.333 bits per heavy atom. The maximum absolute atomic E-state index is 7.02. The minimum Gasteiger partial charge on any atom is -0.455 e. The van der Waals surface area contributed by atoms with Gasteiger partial charge in [-0.15, -0.1) is 0 Å². The molecule has 326 valence electrons.